The highest BCUT2D eigenvalue weighted by molar-refractivity contribution is 5.79. The summed E-state index contributed by atoms with van der Waals surface area (Å²) in [5, 5.41) is 20.2. The van der Waals surface area contributed by atoms with Crippen molar-refractivity contribution in [3.05, 3.63) is 12.2 Å². The van der Waals surface area contributed by atoms with Crippen LogP contribution in [0.1, 0.15) is 19.3 Å². The van der Waals surface area contributed by atoms with Crippen LogP contribution in [0.25, 0.3) is 0 Å². The fourth-order valence-electron chi connectivity index (χ4n) is 1.50. The molecule has 0 bridgehead atoms. The van der Waals surface area contributed by atoms with Crippen molar-refractivity contribution < 1.29 is 15.0 Å². The van der Waals surface area contributed by atoms with E-state index in [1.165, 1.54) is 0 Å². The average molecular weight is 199 g/mol. The van der Waals surface area contributed by atoms with E-state index in [-0.39, 0.29) is 25.0 Å². The predicted molar refractivity (Wildman–Crippen MR) is 52.6 cm³/mol. The molecule has 0 spiro atoms. The largest absolute Gasteiger partial charge is 0.394 e. The highest BCUT2D eigenvalue weighted by Crippen LogP contribution is 2.18. The minimum absolute atomic E-state index is 0.000556. The van der Waals surface area contributed by atoms with Gasteiger partial charge in [0.1, 0.15) is 0 Å². The van der Waals surface area contributed by atoms with Crippen LogP contribution >= 0.6 is 0 Å². The second-order valence-corrected chi connectivity index (χ2v) is 3.55. The molecule has 1 atom stereocenters. The van der Waals surface area contributed by atoms with E-state index in [9.17, 15) is 4.79 Å². The van der Waals surface area contributed by atoms with Crippen molar-refractivity contribution in [2.75, 3.05) is 13.2 Å². The molecular formula is C10H17NO3. The normalized spacial score (nSPS) is 21.2. The lowest BCUT2D eigenvalue weighted by molar-refractivity contribution is -0.126. The molecule has 0 radical (unpaired) electrons. The van der Waals surface area contributed by atoms with Crippen molar-refractivity contribution in [1.82, 2.24) is 5.32 Å². The number of carbonyl (C=O) groups excluding carboxylic acids is 1. The van der Waals surface area contributed by atoms with E-state index < -0.39 is 6.04 Å². The van der Waals surface area contributed by atoms with Gasteiger partial charge in [0.25, 0.3) is 0 Å². The minimum Gasteiger partial charge on any atom is -0.394 e. The van der Waals surface area contributed by atoms with Gasteiger partial charge in [0, 0.05) is 5.92 Å². The third kappa shape index (κ3) is 3.12. The maximum atomic E-state index is 11.6. The van der Waals surface area contributed by atoms with Crippen LogP contribution < -0.4 is 5.32 Å². The second-order valence-electron chi connectivity index (χ2n) is 3.55. The number of hydrogen-bond acceptors (Lipinski definition) is 3. The molecule has 0 aromatic rings. The molecule has 3 N–H and O–H groups in total. The van der Waals surface area contributed by atoms with Gasteiger partial charge in [-0.15, -0.1) is 0 Å². The lowest BCUT2D eigenvalue weighted by Crippen LogP contribution is -2.43. The summed E-state index contributed by atoms with van der Waals surface area (Å²) >= 11 is 0. The van der Waals surface area contributed by atoms with Crippen molar-refractivity contribution in [1.29, 1.82) is 0 Å². The first-order valence-electron chi connectivity index (χ1n) is 4.95. The number of nitrogens with one attached hydrogen (secondary N) is 1. The standard InChI is InChI=1S/C10H17NO3/c12-6-9(7-13)11-10(14)8-4-2-1-3-5-8/h1-2,8-9,12-13H,3-7H2,(H,11,14). The molecule has 1 rings (SSSR count). The Bertz CT molecular complexity index is 211. The summed E-state index contributed by atoms with van der Waals surface area (Å²) in [7, 11) is 0. The highest BCUT2D eigenvalue weighted by atomic mass is 16.3. The van der Waals surface area contributed by atoms with E-state index in [2.05, 4.69) is 11.4 Å². The van der Waals surface area contributed by atoms with E-state index in [1.54, 1.807) is 0 Å². The summed E-state index contributed by atoms with van der Waals surface area (Å²) in [6.45, 7) is -0.435. The highest BCUT2D eigenvalue weighted by Gasteiger charge is 2.20. The van der Waals surface area contributed by atoms with Crippen molar-refractivity contribution >= 4 is 5.91 Å². The van der Waals surface area contributed by atoms with Gasteiger partial charge in [-0.1, -0.05) is 12.2 Å². The van der Waals surface area contributed by atoms with Crippen LogP contribution in [-0.2, 0) is 4.79 Å². The summed E-state index contributed by atoms with van der Waals surface area (Å²) in [4.78, 5) is 11.6. The van der Waals surface area contributed by atoms with Crippen LogP contribution in [0.5, 0.6) is 0 Å². The molecule has 14 heavy (non-hydrogen) atoms. The first-order valence-corrected chi connectivity index (χ1v) is 4.95. The maximum Gasteiger partial charge on any atom is 0.223 e. The molecule has 1 aliphatic rings. The zero-order valence-electron chi connectivity index (χ0n) is 8.15. The summed E-state index contributed by atoms with van der Waals surface area (Å²) < 4.78 is 0. The van der Waals surface area contributed by atoms with Gasteiger partial charge in [-0.25, -0.2) is 0 Å². The molecule has 80 valence electrons. The number of rotatable bonds is 4. The number of allylic oxidation sites excluding steroid dienone is 2. The Balaban J connectivity index is 2.36. The van der Waals surface area contributed by atoms with Crippen LogP contribution in [0.2, 0.25) is 0 Å². The van der Waals surface area contributed by atoms with Crippen molar-refractivity contribution in [3.8, 4) is 0 Å². The van der Waals surface area contributed by atoms with Crippen LogP contribution in [0.15, 0.2) is 12.2 Å². The Hall–Kier alpha value is -0.870. The molecule has 4 heteroatoms. The molecule has 0 saturated heterocycles. The minimum atomic E-state index is -0.520. The monoisotopic (exact) mass is 199 g/mol. The van der Waals surface area contributed by atoms with E-state index in [0.717, 1.165) is 19.3 Å². The van der Waals surface area contributed by atoms with Gasteiger partial charge < -0.3 is 15.5 Å². The molecule has 4 nitrogen and oxygen atoms in total. The molecule has 0 aromatic heterocycles. The Morgan fingerprint density at radius 3 is 2.64 bits per heavy atom. The molecule has 0 fully saturated rings. The van der Waals surface area contributed by atoms with Gasteiger partial charge in [-0.05, 0) is 19.3 Å². The zero-order valence-corrected chi connectivity index (χ0v) is 8.15. The Morgan fingerprint density at radius 2 is 2.14 bits per heavy atom. The quantitative estimate of drug-likeness (QED) is 0.550. The summed E-state index contributed by atoms with van der Waals surface area (Å²) in [5.74, 6) is -0.0666. The summed E-state index contributed by atoms with van der Waals surface area (Å²) in [6.07, 6.45) is 6.61. The topological polar surface area (TPSA) is 69.6 Å². The van der Waals surface area contributed by atoms with Gasteiger partial charge in [-0.3, -0.25) is 4.79 Å². The molecule has 1 amide bonds. The van der Waals surface area contributed by atoms with E-state index in [1.807, 2.05) is 6.08 Å². The third-order valence-electron chi connectivity index (χ3n) is 2.43. The van der Waals surface area contributed by atoms with Gasteiger partial charge in [0.05, 0.1) is 19.3 Å². The third-order valence-corrected chi connectivity index (χ3v) is 2.43. The Kier molecular flexibility index (Phi) is 4.62. The van der Waals surface area contributed by atoms with E-state index >= 15 is 0 Å². The molecular weight excluding hydrogens is 182 g/mol. The average Bonchev–Trinajstić information content (AvgIpc) is 2.26. The molecule has 0 aliphatic heterocycles. The lowest BCUT2D eigenvalue weighted by atomic mass is 9.93. The number of hydrogen-bond donors (Lipinski definition) is 3. The molecule has 1 unspecified atom stereocenters. The first-order chi connectivity index (χ1) is 6.77. The van der Waals surface area contributed by atoms with Gasteiger partial charge >= 0.3 is 0 Å². The van der Waals surface area contributed by atoms with Crippen molar-refractivity contribution in [2.45, 2.75) is 25.3 Å². The van der Waals surface area contributed by atoms with Gasteiger partial charge in [-0.2, -0.15) is 0 Å². The SMILES string of the molecule is O=C(NC(CO)CO)C1CC=CCC1. The maximum absolute atomic E-state index is 11.6. The van der Waals surface area contributed by atoms with Crippen LogP contribution in [0.3, 0.4) is 0 Å². The Morgan fingerprint density at radius 1 is 1.43 bits per heavy atom. The number of amides is 1. The molecule has 0 saturated carbocycles. The van der Waals surface area contributed by atoms with Crippen molar-refractivity contribution in [3.63, 3.8) is 0 Å². The Labute approximate surface area is 83.6 Å². The number of carbonyl (C=O) groups is 1. The lowest BCUT2D eigenvalue weighted by Gasteiger charge is -2.20. The fraction of sp³-hybridized carbons (Fsp3) is 0.700. The zero-order chi connectivity index (χ0) is 10.4. The molecule has 0 aromatic carbocycles. The second kappa shape index (κ2) is 5.78. The van der Waals surface area contributed by atoms with Crippen LogP contribution in [0, 0.1) is 5.92 Å². The molecule has 0 heterocycles. The summed E-state index contributed by atoms with van der Waals surface area (Å²) in [6, 6.07) is -0.520. The fourth-order valence-corrected chi connectivity index (χ4v) is 1.50. The smallest absolute Gasteiger partial charge is 0.223 e. The first kappa shape index (κ1) is 11.2. The van der Waals surface area contributed by atoms with Gasteiger partial charge in [0.2, 0.25) is 5.91 Å². The summed E-state index contributed by atoms with van der Waals surface area (Å²) in [5.41, 5.74) is 0. The van der Waals surface area contributed by atoms with Crippen LogP contribution in [-0.4, -0.2) is 35.4 Å². The van der Waals surface area contributed by atoms with E-state index in [4.69, 9.17) is 10.2 Å². The molecule has 1 aliphatic carbocycles. The van der Waals surface area contributed by atoms with E-state index in [0.29, 0.717) is 0 Å². The number of aliphatic hydroxyl groups excluding tert-OH is 2. The number of aliphatic hydroxyl groups is 2. The van der Waals surface area contributed by atoms with Gasteiger partial charge in [0.15, 0.2) is 0 Å². The predicted octanol–water partition coefficient (Wildman–Crippen LogP) is -0.188. The van der Waals surface area contributed by atoms with Crippen molar-refractivity contribution in [2.24, 2.45) is 5.92 Å². The van der Waals surface area contributed by atoms with Crippen LogP contribution in [0.4, 0.5) is 0 Å².